The Bertz CT molecular complexity index is 542. The van der Waals surface area contributed by atoms with Gasteiger partial charge in [0.15, 0.2) is 0 Å². The molecule has 0 aliphatic carbocycles. The highest BCUT2D eigenvalue weighted by Crippen LogP contribution is 2.34. The van der Waals surface area contributed by atoms with E-state index in [-0.39, 0.29) is 23.2 Å². The maximum atomic E-state index is 12.9. The molecule has 6 heteroatoms. The van der Waals surface area contributed by atoms with E-state index in [0.29, 0.717) is 12.5 Å². The fourth-order valence-corrected chi connectivity index (χ4v) is 2.72. The number of carbonyl (C=O) groups excluding carboxylic acids is 1. The summed E-state index contributed by atoms with van der Waals surface area (Å²) in [6, 6.07) is 3.38. The first-order chi connectivity index (χ1) is 9.71. The van der Waals surface area contributed by atoms with Crippen LogP contribution in [0.1, 0.15) is 42.6 Å². The second-order valence-corrected chi connectivity index (χ2v) is 5.66. The lowest BCUT2D eigenvalue weighted by atomic mass is 9.91. The topological polar surface area (TPSA) is 46.3 Å². The van der Waals surface area contributed by atoms with Crippen molar-refractivity contribution in [1.29, 1.82) is 0 Å². The average molecular weight is 300 g/mol. The molecule has 2 rings (SSSR count). The Balaban J connectivity index is 2.31. The van der Waals surface area contributed by atoms with E-state index in [4.69, 9.17) is 5.73 Å². The Morgan fingerprint density at radius 1 is 1.33 bits per heavy atom. The second-order valence-electron chi connectivity index (χ2n) is 5.66. The van der Waals surface area contributed by atoms with Gasteiger partial charge < -0.3 is 10.6 Å². The number of likely N-dealkylation sites (tertiary alicyclic amines) is 1. The fourth-order valence-electron chi connectivity index (χ4n) is 2.72. The van der Waals surface area contributed by atoms with Gasteiger partial charge in [-0.3, -0.25) is 4.79 Å². The van der Waals surface area contributed by atoms with E-state index in [9.17, 15) is 18.0 Å². The Kier molecular flexibility index (Phi) is 4.16. The maximum Gasteiger partial charge on any atom is 0.418 e. The fraction of sp³-hybridized carbons (Fsp3) is 0.533. The van der Waals surface area contributed by atoms with Crippen molar-refractivity contribution in [1.82, 2.24) is 4.90 Å². The van der Waals surface area contributed by atoms with E-state index in [2.05, 4.69) is 0 Å². The molecule has 3 nitrogen and oxygen atoms in total. The Hall–Kier alpha value is -1.72. The summed E-state index contributed by atoms with van der Waals surface area (Å²) in [7, 11) is 0. The summed E-state index contributed by atoms with van der Waals surface area (Å²) in [6.45, 7) is 4.56. The van der Waals surface area contributed by atoms with Crippen LogP contribution in [0, 0.1) is 5.92 Å². The van der Waals surface area contributed by atoms with Crippen LogP contribution in [0.2, 0.25) is 0 Å². The van der Waals surface area contributed by atoms with Gasteiger partial charge in [-0.25, -0.2) is 0 Å². The van der Waals surface area contributed by atoms with E-state index in [0.717, 1.165) is 25.0 Å². The van der Waals surface area contributed by atoms with Crippen molar-refractivity contribution in [3.63, 3.8) is 0 Å². The normalized spacial score (nSPS) is 23.2. The van der Waals surface area contributed by atoms with E-state index in [1.165, 1.54) is 6.07 Å². The molecule has 0 aromatic heterocycles. The molecule has 2 atom stereocenters. The van der Waals surface area contributed by atoms with Gasteiger partial charge in [-0.05, 0) is 43.9 Å². The van der Waals surface area contributed by atoms with Crippen molar-refractivity contribution in [2.75, 3.05) is 12.3 Å². The molecule has 1 aliphatic heterocycles. The largest absolute Gasteiger partial charge is 0.418 e. The predicted octanol–water partition coefficient (Wildman–Crippen LogP) is 3.55. The summed E-state index contributed by atoms with van der Waals surface area (Å²) in [5, 5.41) is 0. The van der Waals surface area contributed by atoms with Crippen LogP contribution in [-0.2, 0) is 6.18 Å². The van der Waals surface area contributed by atoms with Gasteiger partial charge in [0, 0.05) is 23.8 Å². The lowest BCUT2D eigenvalue weighted by Gasteiger charge is -2.38. The number of hydrogen-bond acceptors (Lipinski definition) is 2. The molecule has 1 amide bonds. The number of hydrogen-bond donors (Lipinski definition) is 1. The SMILES string of the molecule is CC1CCCN(C(=O)c2ccc(N)c(C(F)(F)F)c2)C1C. The van der Waals surface area contributed by atoms with Crippen LogP contribution >= 0.6 is 0 Å². The summed E-state index contributed by atoms with van der Waals surface area (Å²) >= 11 is 0. The predicted molar refractivity (Wildman–Crippen MR) is 74.8 cm³/mol. The number of rotatable bonds is 1. The molecule has 21 heavy (non-hydrogen) atoms. The van der Waals surface area contributed by atoms with Gasteiger partial charge in [0.1, 0.15) is 0 Å². The molecule has 1 saturated heterocycles. The molecule has 1 aliphatic rings. The van der Waals surface area contributed by atoms with Crippen molar-refractivity contribution in [2.24, 2.45) is 5.92 Å². The van der Waals surface area contributed by atoms with Crippen LogP contribution < -0.4 is 5.73 Å². The number of benzene rings is 1. The zero-order valence-corrected chi connectivity index (χ0v) is 12.1. The van der Waals surface area contributed by atoms with Crippen molar-refractivity contribution in [3.05, 3.63) is 29.3 Å². The number of halogens is 3. The van der Waals surface area contributed by atoms with Gasteiger partial charge in [0.2, 0.25) is 0 Å². The third-order valence-electron chi connectivity index (χ3n) is 4.24. The number of nitrogens with zero attached hydrogens (tertiary/aromatic N) is 1. The highest BCUT2D eigenvalue weighted by atomic mass is 19.4. The van der Waals surface area contributed by atoms with Crippen LogP contribution in [-0.4, -0.2) is 23.4 Å². The first-order valence-corrected chi connectivity index (χ1v) is 6.99. The van der Waals surface area contributed by atoms with Crippen molar-refractivity contribution >= 4 is 11.6 Å². The smallest absolute Gasteiger partial charge is 0.398 e. The third-order valence-corrected chi connectivity index (χ3v) is 4.24. The van der Waals surface area contributed by atoms with Gasteiger partial charge >= 0.3 is 6.18 Å². The molecule has 0 radical (unpaired) electrons. The van der Waals surface area contributed by atoms with Gasteiger partial charge in [0.25, 0.3) is 5.91 Å². The minimum absolute atomic E-state index is 0.0261. The summed E-state index contributed by atoms with van der Waals surface area (Å²) in [4.78, 5) is 14.1. The number of nitrogens with two attached hydrogens (primary N) is 1. The first kappa shape index (κ1) is 15.7. The van der Waals surface area contributed by atoms with Crippen LogP contribution in [0.15, 0.2) is 18.2 Å². The number of carbonyl (C=O) groups is 1. The Morgan fingerprint density at radius 3 is 2.62 bits per heavy atom. The molecule has 1 aromatic rings. The number of anilines is 1. The minimum Gasteiger partial charge on any atom is -0.398 e. The van der Waals surface area contributed by atoms with Crippen LogP contribution in [0.3, 0.4) is 0 Å². The van der Waals surface area contributed by atoms with Gasteiger partial charge in [-0.2, -0.15) is 13.2 Å². The highest BCUT2D eigenvalue weighted by Gasteiger charge is 2.35. The number of alkyl halides is 3. The molecule has 1 aromatic carbocycles. The van der Waals surface area contributed by atoms with Crippen molar-refractivity contribution in [3.8, 4) is 0 Å². The molecule has 0 spiro atoms. The molecule has 0 saturated carbocycles. The minimum atomic E-state index is -4.55. The Labute approximate surface area is 121 Å². The third kappa shape index (κ3) is 3.14. The molecule has 2 N–H and O–H groups in total. The molecule has 2 unspecified atom stereocenters. The lowest BCUT2D eigenvalue weighted by Crippen LogP contribution is -2.46. The van der Waals surface area contributed by atoms with Gasteiger partial charge in [0.05, 0.1) is 5.56 Å². The summed E-state index contributed by atoms with van der Waals surface area (Å²) in [6.07, 6.45) is -2.65. The zero-order valence-electron chi connectivity index (χ0n) is 12.1. The van der Waals surface area contributed by atoms with E-state index >= 15 is 0 Å². The monoisotopic (exact) mass is 300 g/mol. The molecule has 116 valence electrons. The lowest BCUT2D eigenvalue weighted by molar-refractivity contribution is -0.136. The average Bonchev–Trinajstić information content (AvgIpc) is 2.40. The maximum absolute atomic E-state index is 12.9. The summed E-state index contributed by atoms with van der Waals surface area (Å²) in [5.74, 6) is -0.0156. The summed E-state index contributed by atoms with van der Waals surface area (Å²) < 4.78 is 38.6. The second kappa shape index (κ2) is 5.58. The standard InChI is InChI=1S/C15H19F3N2O/c1-9-4-3-7-20(10(9)2)14(21)11-5-6-13(19)12(8-11)15(16,17)18/h5-6,8-10H,3-4,7,19H2,1-2H3. The van der Waals surface area contributed by atoms with Crippen LogP contribution in [0.25, 0.3) is 0 Å². The molecular weight excluding hydrogens is 281 g/mol. The molecule has 0 bridgehead atoms. The number of amides is 1. The quantitative estimate of drug-likeness (QED) is 0.806. The van der Waals surface area contributed by atoms with Crippen molar-refractivity contribution in [2.45, 2.75) is 38.9 Å². The molecule has 1 fully saturated rings. The van der Waals surface area contributed by atoms with E-state index in [1.54, 1.807) is 4.90 Å². The Morgan fingerprint density at radius 2 is 2.00 bits per heavy atom. The van der Waals surface area contributed by atoms with Gasteiger partial charge in [-0.1, -0.05) is 6.92 Å². The first-order valence-electron chi connectivity index (χ1n) is 6.99. The van der Waals surface area contributed by atoms with E-state index < -0.39 is 11.7 Å². The summed E-state index contributed by atoms with van der Waals surface area (Å²) in [5.41, 5.74) is 4.08. The number of nitrogen functional groups attached to an aromatic ring is 1. The van der Waals surface area contributed by atoms with E-state index in [1.807, 2.05) is 13.8 Å². The molecular formula is C15H19F3N2O. The highest BCUT2D eigenvalue weighted by molar-refractivity contribution is 5.95. The number of piperidine rings is 1. The van der Waals surface area contributed by atoms with Crippen LogP contribution in [0.4, 0.5) is 18.9 Å². The van der Waals surface area contributed by atoms with Crippen LogP contribution in [0.5, 0.6) is 0 Å². The molecule has 1 heterocycles. The van der Waals surface area contributed by atoms with Crippen molar-refractivity contribution < 1.29 is 18.0 Å². The van der Waals surface area contributed by atoms with Gasteiger partial charge in [-0.15, -0.1) is 0 Å². The zero-order chi connectivity index (χ0) is 15.8.